The fourth-order valence-electron chi connectivity index (χ4n) is 2.16. The third-order valence-electron chi connectivity index (χ3n) is 3.15. The molecule has 2 aromatic heterocycles. The molecule has 0 bridgehead atoms. The third-order valence-corrected chi connectivity index (χ3v) is 3.74. The minimum absolute atomic E-state index is 0.0943. The number of esters is 1. The number of aromatic nitrogens is 3. The molecule has 2 N–H and O–H groups in total. The van der Waals surface area contributed by atoms with E-state index in [2.05, 4.69) is 20.3 Å². The first-order valence-corrected chi connectivity index (χ1v) is 9.35. The van der Waals surface area contributed by atoms with Crippen molar-refractivity contribution in [1.82, 2.24) is 20.3 Å². The Kier molecular flexibility index (Phi) is 6.42. The van der Waals surface area contributed by atoms with Crippen LogP contribution < -0.4 is 9.93 Å². The van der Waals surface area contributed by atoms with E-state index in [-0.39, 0.29) is 13.2 Å². The molecule has 8 nitrogen and oxygen atoms in total. The van der Waals surface area contributed by atoms with Crippen LogP contribution in [-0.2, 0) is 16.0 Å². The molecule has 1 amide bonds. The van der Waals surface area contributed by atoms with Gasteiger partial charge in [0.15, 0.2) is 0 Å². The van der Waals surface area contributed by atoms with Crippen LogP contribution >= 0.6 is 0 Å². The summed E-state index contributed by atoms with van der Waals surface area (Å²) in [6.45, 7) is 7.43. The third kappa shape index (κ3) is 5.59. The van der Waals surface area contributed by atoms with Crippen LogP contribution in [0.4, 0.5) is 4.79 Å². The molecule has 2 rings (SSSR count). The zero-order chi connectivity index (χ0) is 19.3. The summed E-state index contributed by atoms with van der Waals surface area (Å²) in [6.07, 6.45) is 1.09. The molecule has 26 heavy (non-hydrogen) atoms. The predicted octanol–water partition coefficient (Wildman–Crippen LogP) is 0.931. The van der Waals surface area contributed by atoms with Crippen LogP contribution in [0.25, 0.3) is 11.4 Å². The van der Waals surface area contributed by atoms with Crippen molar-refractivity contribution in [2.45, 2.75) is 39.8 Å². The number of H-pyrrole nitrogens is 1. The number of carbonyl (C=O) groups excluding carboxylic acids is 2. The van der Waals surface area contributed by atoms with E-state index in [1.54, 1.807) is 46.0 Å². The van der Waals surface area contributed by atoms with Gasteiger partial charge in [-0.3, -0.25) is 0 Å². The molecule has 0 spiro atoms. The van der Waals surface area contributed by atoms with E-state index in [4.69, 9.17) is 9.47 Å². The van der Waals surface area contributed by atoms with Crippen molar-refractivity contribution in [3.8, 4) is 11.4 Å². The quantitative estimate of drug-likeness (QED) is 0.549. The molecule has 0 aromatic carbocycles. The van der Waals surface area contributed by atoms with Gasteiger partial charge in [-0.15, -0.1) is 0 Å². The van der Waals surface area contributed by atoms with E-state index in [0.29, 0.717) is 27.3 Å². The maximum atomic E-state index is 12.2. The van der Waals surface area contributed by atoms with Gasteiger partial charge >= 0.3 is 160 Å². The Balaban J connectivity index is 2.25. The molecule has 0 radical (unpaired) electrons. The van der Waals surface area contributed by atoms with Crippen LogP contribution in [0, 0.1) is 0 Å². The van der Waals surface area contributed by atoms with Gasteiger partial charge in [-0.2, -0.15) is 0 Å². The summed E-state index contributed by atoms with van der Waals surface area (Å²) in [7, 11) is 0. The van der Waals surface area contributed by atoms with E-state index >= 15 is 0 Å². The van der Waals surface area contributed by atoms with Crippen LogP contribution in [0.15, 0.2) is 18.3 Å². The number of amides is 1. The van der Waals surface area contributed by atoms with Crippen molar-refractivity contribution in [2.75, 3.05) is 6.61 Å². The molecule has 0 saturated carbocycles. The van der Waals surface area contributed by atoms with Gasteiger partial charge in [0.2, 0.25) is 0 Å². The Morgan fingerprint density at radius 1 is 1.35 bits per heavy atom. The standard InChI is InChI=1S/C17H23AsN4O4/c1-5-25-14(23)10-8-12(11-6-7-19-15(18)22-11)21-13(10)9-20-16(24)26-17(2,3)4/h6-8,21H,5,9,18H2,1-4H3,(H,20,24). The van der Waals surface area contributed by atoms with Gasteiger partial charge < -0.3 is 0 Å². The van der Waals surface area contributed by atoms with Gasteiger partial charge in [0.25, 0.3) is 0 Å². The van der Waals surface area contributed by atoms with Gasteiger partial charge in [0.1, 0.15) is 0 Å². The van der Waals surface area contributed by atoms with Crippen molar-refractivity contribution in [2.24, 2.45) is 0 Å². The second-order valence-corrected chi connectivity index (χ2v) is 7.53. The molecule has 2 aromatic rings. The second kappa shape index (κ2) is 8.36. The van der Waals surface area contributed by atoms with Gasteiger partial charge in [0.05, 0.1) is 0 Å². The number of nitrogens with one attached hydrogen (secondary N) is 2. The van der Waals surface area contributed by atoms with Crippen molar-refractivity contribution in [3.63, 3.8) is 0 Å². The molecule has 0 saturated heterocycles. The molecule has 1 unspecified atom stereocenters. The Hall–Kier alpha value is -2.34. The van der Waals surface area contributed by atoms with E-state index in [9.17, 15) is 9.59 Å². The number of ether oxygens (including phenoxy) is 2. The summed E-state index contributed by atoms with van der Waals surface area (Å²) in [5.74, 6) is -0.467. The summed E-state index contributed by atoms with van der Waals surface area (Å²) in [6, 6.07) is 3.41. The van der Waals surface area contributed by atoms with E-state index in [1.165, 1.54) is 16.9 Å². The molecular formula is C17H23AsN4O4. The Morgan fingerprint density at radius 3 is 2.69 bits per heavy atom. The number of carbonyl (C=O) groups is 2. The van der Waals surface area contributed by atoms with Crippen molar-refractivity contribution in [1.29, 1.82) is 0 Å². The number of alkyl carbamates (subject to hydrolysis) is 1. The van der Waals surface area contributed by atoms with Gasteiger partial charge in [-0.25, -0.2) is 0 Å². The Labute approximate surface area is 160 Å². The molecule has 0 aliphatic heterocycles. The number of hydrogen-bond acceptors (Lipinski definition) is 6. The zero-order valence-corrected chi connectivity index (χ0v) is 17.7. The number of nitrogens with zero attached hydrogens (tertiary/aromatic N) is 2. The van der Waals surface area contributed by atoms with E-state index in [0.717, 1.165) is 0 Å². The van der Waals surface area contributed by atoms with Crippen LogP contribution in [0.5, 0.6) is 0 Å². The van der Waals surface area contributed by atoms with Gasteiger partial charge in [-0.05, 0) is 0 Å². The molecule has 140 valence electrons. The number of hydrogen-bond donors (Lipinski definition) is 2. The number of rotatable bonds is 5. The summed E-state index contributed by atoms with van der Waals surface area (Å²) in [5, 5.41) is 2.64. The van der Waals surface area contributed by atoms with Crippen LogP contribution in [0.1, 0.15) is 43.7 Å². The summed E-state index contributed by atoms with van der Waals surface area (Å²) in [4.78, 5) is 35.7. The fraction of sp³-hybridized carbons (Fsp3) is 0.412. The normalized spacial score (nSPS) is 11.1. The van der Waals surface area contributed by atoms with Gasteiger partial charge in [0, 0.05) is 0 Å². The van der Waals surface area contributed by atoms with Crippen LogP contribution in [0.2, 0.25) is 0 Å². The van der Waals surface area contributed by atoms with Crippen molar-refractivity contribution < 1.29 is 19.1 Å². The average molecular weight is 422 g/mol. The SMILES string of the molecule is CCOC(=O)c1cc(-c2ccnc([AsH2])n2)[nH]c1CNC(=O)OC(C)(C)C. The van der Waals surface area contributed by atoms with Crippen molar-refractivity contribution >= 4 is 33.5 Å². The van der Waals surface area contributed by atoms with E-state index < -0.39 is 17.7 Å². The number of aromatic amines is 1. The first kappa shape index (κ1) is 20.0. The molecule has 0 aliphatic rings. The maximum absolute atomic E-state index is 12.2. The van der Waals surface area contributed by atoms with Crippen LogP contribution in [-0.4, -0.2) is 56.1 Å². The summed E-state index contributed by atoms with van der Waals surface area (Å²) < 4.78 is 11.0. The summed E-state index contributed by atoms with van der Waals surface area (Å²) in [5.41, 5.74) is 1.57. The zero-order valence-electron chi connectivity index (χ0n) is 15.3. The Morgan fingerprint density at radius 2 is 2.08 bits per heavy atom. The van der Waals surface area contributed by atoms with Crippen LogP contribution in [0.3, 0.4) is 0 Å². The first-order valence-electron chi connectivity index (χ1n) is 8.14. The molecule has 0 aliphatic carbocycles. The molecular weight excluding hydrogens is 399 g/mol. The van der Waals surface area contributed by atoms with E-state index in [1.807, 2.05) is 0 Å². The molecule has 0 fully saturated rings. The molecule has 1 atom stereocenters. The Bertz CT molecular complexity index is 798. The molecule has 9 heteroatoms. The predicted molar refractivity (Wildman–Crippen MR) is 99.0 cm³/mol. The molecule has 2 heterocycles. The first-order chi connectivity index (χ1) is 12.2. The summed E-state index contributed by atoms with van der Waals surface area (Å²) >= 11 is 1.30. The monoisotopic (exact) mass is 422 g/mol. The second-order valence-electron chi connectivity index (χ2n) is 6.45. The average Bonchev–Trinajstić information content (AvgIpc) is 2.96. The van der Waals surface area contributed by atoms with Crippen molar-refractivity contribution in [3.05, 3.63) is 29.6 Å². The fourth-order valence-corrected chi connectivity index (χ4v) is 2.64. The van der Waals surface area contributed by atoms with Gasteiger partial charge in [-0.1, -0.05) is 0 Å². The minimum atomic E-state index is -0.602. The topological polar surface area (TPSA) is 106 Å².